The van der Waals surface area contributed by atoms with E-state index in [9.17, 15) is 4.79 Å². The van der Waals surface area contributed by atoms with Gasteiger partial charge in [-0.1, -0.05) is 12.1 Å². The van der Waals surface area contributed by atoms with E-state index in [1.807, 2.05) is 12.1 Å². The molecule has 0 bridgehead atoms. The number of hydrogen-bond donors (Lipinski definition) is 1. The Bertz CT molecular complexity index is 660. The molecule has 0 saturated carbocycles. The second kappa shape index (κ2) is 8.83. The van der Waals surface area contributed by atoms with E-state index >= 15 is 0 Å². The molecule has 5 nitrogen and oxygen atoms in total. The van der Waals surface area contributed by atoms with Crippen LogP contribution in [0.3, 0.4) is 0 Å². The minimum atomic E-state index is -0.668. The zero-order valence-corrected chi connectivity index (χ0v) is 17.1. The van der Waals surface area contributed by atoms with E-state index in [0.29, 0.717) is 12.0 Å². The number of ether oxygens (including phenoxy) is 1. The first-order chi connectivity index (χ1) is 13.7. The van der Waals surface area contributed by atoms with Gasteiger partial charge >= 0.3 is 5.97 Å². The van der Waals surface area contributed by atoms with E-state index in [1.165, 1.54) is 44.3 Å². The van der Waals surface area contributed by atoms with Gasteiger partial charge in [-0.3, -0.25) is 14.6 Å². The second-order valence-corrected chi connectivity index (χ2v) is 8.87. The van der Waals surface area contributed by atoms with Crippen LogP contribution in [0, 0.1) is 11.8 Å². The molecule has 0 spiro atoms. The maximum Gasteiger partial charge on any atom is 0.303 e. The standard InChI is InChI=1S/C23H34N2O3/c1-28-19-11-9-17(10-12-19)15-25-16-18-5-3-13-24-14-4-6-20(23(18)24)21(25)7-2-8-22(26)27/h9-12,18,20-21,23H,2-8,13-16H2,1H3,(H,26,27)/t18-,20+,21+,23-/m0/s1. The molecule has 154 valence electrons. The van der Waals surface area contributed by atoms with Gasteiger partial charge in [-0.15, -0.1) is 0 Å². The normalized spacial score (nSPS) is 30.6. The summed E-state index contributed by atoms with van der Waals surface area (Å²) in [5.74, 6) is 1.70. The number of nitrogens with zero attached hydrogens (tertiary/aromatic N) is 2. The summed E-state index contributed by atoms with van der Waals surface area (Å²) in [4.78, 5) is 16.5. The third-order valence-corrected chi connectivity index (χ3v) is 7.21. The van der Waals surface area contributed by atoms with Gasteiger partial charge in [-0.2, -0.15) is 0 Å². The molecular formula is C23H34N2O3. The van der Waals surface area contributed by atoms with Crippen molar-refractivity contribution in [2.45, 2.75) is 63.6 Å². The Hall–Kier alpha value is -1.59. The average molecular weight is 387 g/mol. The summed E-state index contributed by atoms with van der Waals surface area (Å²) >= 11 is 0. The summed E-state index contributed by atoms with van der Waals surface area (Å²) < 4.78 is 5.31. The summed E-state index contributed by atoms with van der Waals surface area (Å²) in [7, 11) is 1.70. The quantitative estimate of drug-likeness (QED) is 0.776. The molecule has 5 heteroatoms. The number of methoxy groups -OCH3 is 1. The van der Waals surface area contributed by atoms with Crippen LogP contribution < -0.4 is 4.74 Å². The van der Waals surface area contributed by atoms with E-state index in [-0.39, 0.29) is 6.42 Å². The molecule has 0 aliphatic carbocycles. The van der Waals surface area contributed by atoms with Crippen molar-refractivity contribution in [3.05, 3.63) is 29.8 Å². The van der Waals surface area contributed by atoms with Crippen LogP contribution in [0.15, 0.2) is 24.3 Å². The van der Waals surface area contributed by atoms with Gasteiger partial charge in [-0.05, 0) is 81.1 Å². The molecule has 0 radical (unpaired) electrons. The highest BCUT2D eigenvalue weighted by Crippen LogP contribution is 2.43. The Morgan fingerprint density at radius 2 is 1.93 bits per heavy atom. The lowest BCUT2D eigenvalue weighted by Crippen LogP contribution is -2.64. The number of carboxylic acids is 1. The fraction of sp³-hybridized carbons (Fsp3) is 0.696. The highest BCUT2D eigenvalue weighted by atomic mass is 16.5. The molecule has 4 rings (SSSR count). The predicted molar refractivity (Wildman–Crippen MR) is 109 cm³/mol. The van der Waals surface area contributed by atoms with Gasteiger partial charge in [0.05, 0.1) is 7.11 Å². The van der Waals surface area contributed by atoms with E-state index < -0.39 is 5.97 Å². The maximum atomic E-state index is 11.1. The Balaban J connectivity index is 1.53. The van der Waals surface area contributed by atoms with E-state index in [0.717, 1.165) is 43.6 Å². The molecule has 1 aromatic carbocycles. The van der Waals surface area contributed by atoms with Gasteiger partial charge < -0.3 is 9.84 Å². The highest BCUT2D eigenvalue weighted by molar-refractivity contribution is 5.66. The molecule has 3 aliphatic rings. The lowest BCUT2D eigenvalue weighted by molar-refractivity contribution is -0.137. The number of rotatable bonds is 7. The summed E-state index contributed by atoms with van der Waals surface area (Å²) in [5.41, 5.74) is 1.32. The largest absolute Gasteiger partial charge is 0.497 e. The lowest BCUT2D eigenvalue weighted by atomic mass is 9.69. The Morgan fingerprint density at radius 3 is 2.64 bits per heavy atom. The highest BCUT2D eigenvalue weighted by Gasteiger charge is 2.48. The number of piperidine rings is 3. The summed E-state index contributed by atoms with van der Waals surface area (Å²) in [6.45, 7) is 4.64. The molecule has 0 amide bonds. The van der Waals surface area contributed by atoms with Crippen molar-refractivity contribution in [3.63, 3.8) is 0 Å². The molecule has 4 atom stereocenters. The number of benzene rings is 1. The van der Waals surface area contributed by atoms with Crippen LogP contribution in [0.25, 0.3) is 0 Å². The molecule has 1 N–H and O–H groups in total. The lowest BCUT2D eigenvalue weighted by Gasteiger charge is -2.57. The van der Waals surface area contributed by atoms with E-state index in [2.05, 4.69) is 21.9 Å². The van der Waals surface area contributed by atoms with Crippen LogP contribution in [0.1, 0.15) is 50.5 Å². The number of likely N-dealkylation sites (tertiary alicyclic amines) is 1. The number of carbonyl (C=O) groups is 1. The molecule has 3 fully saturated rings. The summed E-state index contributed by atoms with van der Waals surface area (Å²) in [5, 5.41) is 9.12. The third kappa shape index (κ3) is 4.20. The van der Waals surface area contributed by atoms with Crippen LogP contribution in [-0.4, -0.2) is 59.7 Å². The van der Waals surface area contributed by atoms with Crippen molar-refractivity contribution >= 4 is 5.97 Å². The predicted octanol–water partition coefficient (Wildman–Crippen LogP) is 3.62. The van der Waals surface area contributed by atoms with Gasteiger partial charge in [0.25, 0.3) is 0 Å². The number of carboxylic acid groups (broad SMARTS) is 1. The monoisotopic (exact) mass is 386 g/mol. The van der Waals surface area contributed by atoms with Crippen molar-refractivity contribution in [2.75, 3.05) is 26.7 Å². The third-order valence-electron chi connectivity index (χ3n) is 7.21. The van der Waals surface area contributed by atoms with Crippen molar-refractivity contribution in [1.82, 2.24) is 9.80 Å². The van der Waals surface area contributed by atoms with Gasteiger partial charge in [0.15, 0.2) is 0 Å². The first kappa shape index (κ1) is 19.7. The Morgan fingerprint density at radius 1 is 1.18 bits per heavy atom. The van der Waals surface area contributed by atoms with E-state index in [1.54, 1.807) is 7.11 Å². The summed E-state index contributed by atoms with van der Waals surface area (Å²) in [6, 6.07) is 9.67. The SMILES string of the molecule is COc1ccc(CN2C[C@@H]3CCCN4CCC[C@@H]([C@H]34)[C@H]2CCCC(=O)O)cc1. The smallest absolute Gasteiger partial charge is 0.303 e. The van der Waals surface area contributed by atoms with Crippen molar-refractivity contribution in [3.8, 4) is 5.75 Å². The van der Waals surface area contributed by atoms with Crippen molar-refractivity contribution in [2.24, 2.45) is 11.8 Å². The fourth-order valence-corrected chi connectivity index (χ4v) is 6.09. The van der Waals surface area contributed by atoms with Gasteiger partial charge in [0.2, 0.25) is 0 Å². The molecule has 28 heavy (non-hydrogen) atoms. The van der Waals surface area contributed by atoms with Crippen molar-refractivity contribution in [1.29, 1.82) is 0 Å². The van der Waals surface area contributed by atoms with Gasteiger partial charge in [0, 0.05) is 31.6 Å². The number of aliphatic carboxylic acids is 1. The summed E-state index contributed by atoms with van der Waals surface area (Å²) in [6.07, 6.45) is 7.34. The van der Waals surface area contributed by atoms with E-state index in [4.69, 9.17) is 9.84 Å². The van der Waals surface area contributed by atoms with Crippen LogP contribution >= 0.6 is 0 Å². The minimum absolute atomic E-state index is 0.289. The minimum Gasteiger partial charge on any atom is -0.497 e. The van der Waals surface area contributed by atoms with Crippen LogP contribution in [0.5, 0.6) is 5.75 Å². The first-order valence-corrected chi connectivity index (χ1v) is 11.0. The second-order valence-electron chi connectivity index (χ2n) is 8.87. The van der Waals surface area contributed by atoms with Crippen molar-refractivity contribution < 1.29 is 14.6 Å². The molecule has 0 unspecified atom stereocenters. The molecule has 1 aromatic rings. The Labute approximate surface area is 168 Å². The first-order valence-electron chi connectivity index (χ1n) is 11.0. The zero-order valence-electron chi connectivity index (χ0n) is 17.1. The zero-order chi connectivity index (χ0) is 19.5. The fourth-order valence-electron chi connectivity index (χ4n) is 6.09. The molecular weight excluding hydrogens is 352 g/mol. The maximum absolute atomic E-state index is 11.1. The topological polar surface area (TPSA) is 53.0 Å². The Kier molecular flexibility index (Phi) is 6.22. The number of hydrogen-bond acceptors (Lipinski definition) is 4. The van der Waals surface area contributed by atoms with Crippen LogP contribution in [0.4, 0.5) is 0 Å². The van der Waals surface area contributed by atoms with Crippen LogP contribution in [-0.2, 0) is 11.3 Å². The molecule has 3 aliphatic heterocycles. The molecule has 3 saturated heterocycles. The van der Waals surface area contributed by atoms with Crippen LogP contribution in [0.2, 0.25) is 0 Å². The van der Waals surface area contributed by atoms with Gasteiger partial charge in [0.1, 0.15) is 5.75 Å². The average Bonchev–Trinajstić information content (AvgIpc) is 2.71. The molecule has 3 heterocycles. The molecule has 0 aromatic heterocycles. The van der Waals surface area contributed by atoms with Gasteiger partial charge in [-0.25, -0.2) is 0 Å².